The molecule has 2 fully saturated rings. The van der Waals surface area contributed by atoms with E-state index in [2.05, 4.69) is 5.32 Å². The van der Waals surface area contributed by atoms with E-state index in [-0.39, 0.29) is 36.0 Å². The molecule has 0 aromatic rings. The Morgan fingerprint density at radius 2 is 2.29 bits per heavy atom. The third-order valence-corrected chi connectivity index (χ3v) is 5.66. The molecule has 0 aromatic heterocycles. The van der Waals surface area contributed by atoms with E-state index in [1.165, 1.54) is 0 Å². The Bertz CT molecular complexity index is 447. The van der Waals surface area contributed by atoms with Gasteiger partial charge in [-0.25, -0.2) is 8.42 Å². The van der Waals surface area contributed by atoms with Crippen LogP contribution in [0, 0.1) is 0 Å². The molecule has 2 unspecified atom stereocenters. The molecular formula is C13H24N2O5S. The van der Waals surface area contributed by atoms with Crippen LogP contribution in [-0.4, -0.2) is 82.8 Å². The monoisotopic (exact) mass is 320 g/mol. The second-order valence-electron chi connectivity index (χ2n) is 5.54. The van der Waals surface area contributed by atoms with Crippen molar-refractivity contribution in [3.05, 3.63) is 0 Å². The van der Waals surface area contributed by atoms with Crippen LogP contribution in [0.1, 0.15) is 12.8 Å². The van der Waals surface area contributed by atoms with Crippen molar-refractivity contribution in [2.24, 2.45) is 0 Å². The minimum absolute atomic E-state index is 0.0529. The van der Waals surface area contributed by atoms with Gasteiger partial charge in [0.05, 0.1) is 37.2 Å². The first-order chi connectivity index (χ1) is 10.0. The van der Waals surface area contributed by atoms with Gasteiger partial charge in [-0.2, -0.15) is 0 Å². The zero-order valence-electron chi connectivity index (χ0n) is 12.4. The summed E-state index contributed by atoms with van der Waals surface area (Å²) in [4.78, 5) is 14.1. The van der Waals surface area contributed by atoms with Gasteiger partial charge in [-0.05, 0) is 6.42 Å². The Morgan fingerprint density at radius 3 is 2.86 bits per heavy atom. The number of carbonyl (C=O) groups excluding carboxylic acids is 1. The lowest BCUT2D eigenvalue weighted by molar-refractivity contribution is -0.137. The summed E-state index contributed by atoms with van der Waals surface area (Å²) >= 11 is 0. The number of sulfone groups is 1. The molecule has 2 rings (SSSR count). The minimum atomic E-state index is -3.01. The normalized spacial score (nSPS) is 28.4. The maximum absolute atomic E-state index is 12.5. The van der Waals surface area contributed by atoms with Crippen LogP contribution in [0.4, 0.5) is 0 Å². The number of nitrogens with zero attached hydrogens (tertiary/aromatic N) is 1. The Labute approximate surface area is 125 Å². The van der Waals surface area contributed by atoms with Crippen LogP contribution < -0.4 is 5.32 Å². The molecule has 0 bridgehead atoms. The lowest BCUT2D eigenvalue weighted by Gasteiger charge is -2.31. The molecule has 0 aliphatic carbocycles. The van der Waals surface area contributed by atoms with Gasteiger partial charge in [0, 0.05) is 32.8 Å². The summed E-state index contributed by atoms with van der Waals surface area (Å²) in [5.74, 6) is 0.171. The maximum Gasteiger partial charge on any atom is 0.225 e. The number of methoxy groups -OCH3 is 1. The van der Waals surface area contributed by atoms with Gasteiger partial charge in [0.1, 0.15) is 0 Å². The van der Waals surface area contributed by atoms with E-state index in [4.69, 9.17) is 9.47 Å². The number of amides is 1. The second-order valence-corrected chi connectivity index (χ2v) is 7.77. The highest BCUT2D eigenvalue weighted by atomic mass is 32.2. The Hall–Kier alpha value is -0.700. The molecule has 2 atom stereocenters. The number of hydrogen-bond donors (Lipinski definition) is 1. The zero-order valence-corrected chi connectivity index (χ0v) is 13.2. The van der Waals surface area contributed by atoms with E-state index in [0.29, 0.717) is 32.7 Å². The zero-order chi connectivity index (χ0) is 15.3. The fourth-order valence-electron chi connectivity index (χ4n) is 2.78. The fourth-order valence-corrected chi connectivity index (χ4v) is 4.52. The predicted octanol–water partition coefficient (Wildman–Crippen LogP) is -0.973. The number of carbonyl (C=O) groups is 1. The van der Waals surface area contributed by atoms with Crippen molar-refractivity contribution >= 4 is 15.7 Å². The summed E-state index contributed by atoms with van der Waals surface area (Å²) in [6, 6.07) is -0.228. The van der Waals surface area contributed by atoms with E-state index in [1.54, 1.807) is 12.0 Å². The van der Waals surface area contributed by atoms with Crippen molar-refractivity contribution in [1.29, 1.82) is 0 Å². The molecule has 21 heavy (non-hydrogen) atoms. The van der Waals surface area contributed by atoms with Gasteiger partial charge in [-0.15, -0.1) is 0 Å². The number of morpholine rings is 1. The second kappa shape index (κ2) is 7.53. The summed E-state index contributed by atoms with van der Waals surface area (Å²) in [6.45, 7) is 2.90. The summed E-state index contributed by atoms with van der Waals surface area (Å²) in [7, 11) is -1.44. The third-order valence-electron chi connectivity index (χ3n) is 3.91. The molecule has 0 aromatic carbocycles. The molecule has 1 amide bonds. The summed E-state index contributed by atoms with van der Waals surface area (Å²) < 4.78 is 33.8. The van der Waals surface area contributed by atoms with Crippen LogP contribution in [0.2, 0.25) is 0 Å². The van der Waals surface area contributed by atoms with E-state index < -0.39 is 9.84 Å². The van der Waals surface area contributed by atoms with Crippen LogP contribution >= 0.6 is 0 Å². The van der Waals surface area contributed by atoms with Crippen molar-refractivity contribution in [1.82, 2.24) is 10.2 Å². The van der Waals surface area contributed by atoms with Gasteiger partial charge >= 0.3 is 0 Å². The van der Waals surface area contributed by atoms with Gasteiger partial charge < -0.3 is 19.7 Å². The van der Waals surface area contributed by atoms with Gasteiger partial charge in [0.2, 0.25) is 5.91 Å². The van der Waals surface area contributed by atoms with Crippen molar-refractivity contribution in [2.75, 3.05) is 51.5 Å². The van der Waals surface area contributed by atoms with Crippen molar-refractivity contribution in [2.45, 2.75) is 25.0 Å². The van der Waals surface area contributed by atoms with Gasteiger partial charge in [-0.1, -0.05) is 0 Å². The van der Waals surface area contributed by atoms with Crippen LogP contribution in [-0.2, 0) is 24.1 Å². The molecule has 8 heteroatoms. The third kappa shape index (κ3) is 4.91. The standard InChI is InChI=1S/C13H24N2O5S/c1-19-6-4-15(11-2-7-21(17,18)10-11)13(16)8-12-9-14-3-5-20-12/h11-12,14H,2-10H2,1H3. The molecule has 0 radical (unpaired) electrons. The molecule has 2 aliphatic rings. The van der Waals surface area contributed by atoms with E-state index in [9.17, 15) is 13.2 Å². The van der Waals surface area contributed by atoms with Crippen LogP contribution in [0.3, 0.4) is 0 Å². The van der Waals surface area contributed by atoms with Gasteiger partial charge in [0.15, 0.2) is 9.84 Å². The predicted molar refractivity (Wildman–Crippen MR) is 77.9 cm³/mol. The van der Waals surface area contributed by atoms with Crippen molar-refractivity contribution in [3.63, 3.8) is 0 Å². The van der Waals surface area contributed by atoms with Crippen LogP contribution in [0.25, 0.3) is 0 Å². The lowest BCUT2D eigenvalue weighted by atomic mass is 10.1. The van der Waals surface area contributed by atoms with Gasteiger partial charge in [-0.3, -0.25) is 4.79 Å². The van der Waals surface area contributed by atoms with Gasteiger partial charge in [0.25, 0.3) is 0 Å². The van der Waals surface area contributed by atoms with Crippen molar-refractivity contribution in [3.8, 4) is 0 Å². The largest absolute Gasteiger partial charge is 0.383 e. The van der Waals surface area contributed by atoms with E-state index >= 15 is 0 Å². The first-order valence-corrected chi connectivity index (χ1v) is 9.15. The SMILES string of the molecule is COCCN(C(=O)CC1CNCCO1)C1CCS(=O)(=O)C1. The summed E-state index contributed by atoms with van der Waals surface area (Å²) in [5.41, 5.74) is 0. The molecule has 1 N–H and O–H groups in total. The highest BCUT2D eigenvalue weighted by Gasteiger charge is 2.35. The topological polar surface area (TPSA) is 84.9 Å². The van der Waals surface area contributed by atoms with Crippen LogP contribution in [0.15, 0.2) is 0 Å². The molecule has 7 nitrogen and oxygen atoms in total. The molecule has 0 saturated carbocycles. The van der Waals surface area contributed by atoms with E-state index in [0.717, 1.165) is 6.54 Å². The molecule has 122 valence electrons. The highest BCUT2D eigenvalue weighted by Crippen LogP contribution is 2.19. The first-order valence-electron chi connectivity index (χ1n) is 7.33. The Balaban J connectivity index is 1.95. The lowest BCUT2D eigenvalue weighted by Crippen LogP contribution is -2.47. The number of hydrogen-bond acceptors (Lipinski definition) is 6. The number of rotatable bonds is 6. The number of nitrogens with one attached hydrogen (secondary N) is 1. The molecule has 0 spiro atoms. The van der Waals surface area contributed by atoms with Crippen molar-refractivity contribution < 1.29 is 22.7 Å². The Morgan fingerprint density at radius 1 is 1.48 bits per heavy atom. The average molecular weight is 320 g/mol. The van der Waals surface area contributed by atoms with E-state index in [1.807, 2.05) is 0 Å². The van der Waals surface area contributed by atoms with Crippen LogP contribution in [0.5, 0.6) is 0 Å². The molecule has 2 heterocycles. The summed E-state index contributed by atoms with van der Waals surface area (Å²) in [6.07, 6.45) is 0.670. The fraction of sp³-hybridized carbons (Fsp3) is 0.923. The smallest absolute Gasteiger partial charge is 0.225 e. The Kier molecular flexibility index (Phi) is 5.98. The first kappa shape index (κ1) is 16.7. The highest BCUT2D eigenvalue weighted by molar-refractivity contribution is 7.91. The number of ether oxygens (including phenoxy) is 2. The molecule has 2 aliphatic heterocycles. The summed E-state index contributed by atoms with van der Waals surface area (Å²) in [5, 5.41) is 3.19. The molecule has 2 saturated heterocycles. The average Bonchev–Trinajstić information content (AvgIpc) is 2.80. The minimum Gasteiger partial charge on any atom is -0.383 e. The maximum atomic E-state index is 12.5. The molecular weight excluding hydrogens is 296 g/mol. The quantitative estimate of drug-likeness (QED) is 0.678.